The fourth-order valence-corrected chi connectivity index (χ4v) is 4.09. The number of halogens is 3. The number of piperidine rings is 1. The van der Waals surface area contributed by atoms with E-state index in [0.717, 1.165) is 17.7 Å². The van der Waals surface area contributed by atoms with E-state index in [9.17, 15) is 22.8 Å². The number of nitrogens with zero attached hydrogens (tertiary/aromatic N) is 2. The molecule has 0 aromatic heterocycles. The average molecular weight is 461 g/mol. The normalized spacial score (nSPS) is 15.4. The highest BCUT2D eigenvalue weighted by Crippen LogP contribution is 2.30. The van der Waals surface area contributed by atoms with Gasteiger partial charge in [0.1, 0.15) is 0 Å². The summed E-state index contributed by atoms with van der Waals surface area (Å²) in [5, 5.41) is 0. The molecule has 0 atom stereocenters. The zero-order chi connectivity index (χ0) is 24.4. The lowest BCUT2D eigenvalue weighted by atomic mass is 9.86. The number of carbonyl (C=O) groups is 2. The fraction of sp³-hybridized carbons (Fsp3) is 0.462. The van der Waals surface area contributed by atoms with Crippen LogP contribution < -0.4 is 0 Å². The lowest BCUT2D eigenvalue weighted by Gasteiger charge is -2.33. The minimum absolute atomic E-state index is 0.0523. The number of amides is 2. The van der Waals surface area contributed by atoms with Crippen LogP contribution in [0.2, 0.25) is 0 Å². The molecule has 33 heavy (non-hydrogen) atoms. The van der Waals surface area contributed by atoms with E-state index < -0.39 is 11.7 Å². The minimum atomic E-state index is -4.43. The second-order valence-corrected chi connectivity index (χ2v) is 9.78. The fourth-order valence-electron chi connectivity index (χ4n) is 4.09. The van der Waals surface area contributed by atoms with Crippen molar-refractivity contribution in [2.24, 2.45) is 5.92 Å². The molecule has 0 aliphatic carbocycles. The molecule has 4 nitrogen and oxygen atoms in total. The molecule has 2 amide bonds. The summed E-state index contributed by atoms with van der Waals surface area (Å²) in [6, 6.07) is 12.6. The monoisotopic (exact) mass is 460 g/mol. The van der Waals surface area contributed by atoms with Gasteiger partial charge in [0.2, 0.25) is 5.91 Å². The summed E-state index contributed by atoms with van der Waals surface area (Å²) in [6.07, 6.45) is -3.35. The Morgan fingerprint density at radius 1 is 0.909 bits per heavy atom. The largest absolute Gasteiger partial charge is 0.416 e. The molecule has 2 aromatic carbocycles. The molecule has 0 spiro atoms. The molecular weight excluding hydrogens is 429 g/mol. The third kappa shape index (κ3) is 6.15. The third-order valence-electron chi connectivity index (χ3n) is 6.21. The zero-order valence-corrected chi connectivity index (χ0v) is 19.6. The second kappa shape index (κ2) is 9.57. The molecule has 178 valence electrons. The van der Waals surface area contributed by atoms with Crippen molar-refractivity contribution in [3.63, 3.8) is 0 Å². The van der Waals surface area contributed by atoms with Gasteiger partial charge in [-0.3, -0.25) is 9.59 Å². The highest BCUT2D eigenvalue weighted by Gasteiger charge is 2.32. The Bertz CT molecular complexity index is 969. The number of likely N-dealkylation sites (tertiary alicyclic amines) is 1. The Kier molecular flexibility index (Phi) is 7.20. The smallest absolute Gasteiger partial charge is 0.341 e. The standard InChI is InChI=1S/C26H31F3N2O2/c1-25(2,3)21-9-5-18(6-10-21)17-30(4)23(32)20-13-15-31(16-14-20)24(33)19-7-11-22(12-8-19)26(27,28)29/h5-12,20H,13-17H2,1-4H3. The van der Waals surface area contributed by atoms with Crippen molar-refractivity contribution in [2.75, 3.05) is 20.1 Å². The maximum atomic E-state index is 12.9. The summed E-state index contributed by atoms with van der Waals surface area (Å²) in [6.45, 7) is 7.81. The van der Waals surface area contributed by atoms with E-state index in [1.54, 1.807) is 16.8 Å². The molecule has 0 N–H and O–H groups in total. The van der Waals surface area contributed by atoms with Crippen LogP contribution in [0.3, 0.4) is 0 Å². The number of alkyl halides is 3. The molecule has 7 heteroatoms. The van der Waals surface area contributed by atoms with Crippen LogP contribution in [0, 0.1) is 5.92 Å². The van der Waals surface area contributed by atoms with E-state index in [1.807, 2.05) is 0 Å². The molecule has 0 unspecified atom stereocenters. The van der Waals surface area contributed by atoms with Gasteiger partial charge in [-0.2, -0.15) is 13.2 Å². The molecule has 0 radical (unpaired) electrons. The number of hydrogen-bond donors (Lipinski definition) is 0. The van der Waals surface area contributed by atoms with E-state index >= 15 is 0 Å². The first-order valence-corrected chi connectivity index (χ1v) is 11.2. The minimum Gasteiger partial charge on any atom is -0.341 e. The predicted octanol–water partition coefficient (Wildman–Crippen LogP) is 5.51. The molecule has 0 saturated carbocycles. The van der Waals surface area contributed by atoms with Gasteiger partial charge in [0.25, 0.3) is 5.91 Å². The van der Waals surface area contributed by atoms with E-state index in [2.05, 4.69) is 45.0 Å². The molecule has 1 aliphatic heterocycles. The van der Waals surface area contributed by atoms with Gasteiger partial charge in [-0.15, -0.1) is 0 Å². The van der Waals surface area contributed by atoms with Gasteiger partial charge in [-0.1, -0.05) is 45.0 Å². The predicted molar refractivity (Wildman–Crippen MR) is 122 cm³/mol. The summed E-state index contributed by atoms with van der Waals surface area (Å²) < 4.78 is 38.2. The summed E-state index contributed by atoms with van der Waals surface area (Å²) >= 11 is 0. The lowest BCUT2D eigenvalue weighted by Crippen LogP contribution is -2.43. The lowest BCUT2D eigenvalue weighted by molar-refractivity contribution is -0.137. The quantitative estimate of drug-likeness (QED) is 0.603. The van der Waals surface area contributed by atoms with Crippen LogP contribution in [0.15, 0.2) is 48.5 Å². The number of carbonyl (C=O) groups excluding carboxylic acids is 2. The van der Waals surface area contributed by atoms with Gasteiger partial charge in [-0.25, -0.2) is 0 Å². The van der Waals surface area contributed by atoms with Gasteiger partial charge < -0.3 is 9.80 Å². The van der Waals surface area contributed by atoms with Crippen LogP contribution in [0.4, 0.5) is 13.2 Å². The summed E-state index contributed by atoms with van der Waals surface area (Å²) in [5.74, 6) is -0.418. The van der Waals surface area contributed by atoms with Gasteiger partial charge in [-0.05, 0) is 53.6 Å². The van der Waals surface area contributed by atoms with Crippen LogP contribution >= 0.6 is 0 Å². The van der Waals surface area contributed by atoms with E-state index in [0.29, 0.717) is 32.5 Å². The zero-order valence-electron chi connectivity index (χ0n) is 19.6. The number of hydrogen-bond acceptors (Lipinski definition) is 2. The maximum absolute atomic E-state index is 12.9. The van der Waals surface area contributed by atoms with Gasteiger partial charge in [0.15, 0.2) is 0 Å². The van der Waals surface area contributed by atoms with Crippen molar-refractivity contribution in [3.05, 3.63) is 70.8 Å². The molecule has 2 aromatic rings. The van der Waals surface area contributed by atoms with Crippen LogP contribution in [-0.2, 0) is 22.9 Å². The molecule has 3 rings (SSSR count). The average Bonchev–Trinajstić information content (AvgIpc) is 2.77. The third-order valence-corrected chi connectivity index (χ3v) is 6.21. The summed E-state index contributed by atoms with van der Waals surface area (Å²) in [4.78, 5) is 28.9. The van der Waals surface area contributed by atoms with Crippen molar-refractivity contribution >= 4 is 11.8 Å². The van der Waals surface area contributed by atoms with Gasteiger partial charge >= 0.3 is 6.18 Å². The molecule has 1 fully saturated rings. The number of rotatable bonds is 4. The molecule has 1 heterocycles. The van der Waals surface area contributed by atoms with Gasteiger partial charge in [0.05, 0.1) is 5.56 Å². The second-order valence-electron chi connectivity index (χ2n) is 9.78. The van der Waals surface area contributed by atoms with E-state index in [4.69, 9.17) is 0 Å². The first-order valence-electron chi connectivity index (χ1n) is 11.2. The summed E-state index contributed by atoms with van der Waals surface area (Å²) in [7, 11) is 1.79. The van der Waals surface area contributed by atoms with E-state index in [1.165, 1.54) is 17.7 Å². The molecule has 1 saturated heterocycles. The van der Waals surface area contributed by atoms with Crippen molar-refractivity contribution in [2.45, 2.75) is 51.7 Å². The number of benzene rings is 2. The molecular formula is C26H31F3N2O2. The summed E-state index contributed by atoms with van der Waals surface area (Å²) in [5.41, 5.74) is 1.83. The van der Waals surface area contributed by atoms with Gasteiger partial charge in [0, 0.05) is 38.2 Å². The Hall–Kier alpha value is -2.83. The van der Waals surface area contributed by atoms with Crippen molar-refractivity contribution < 1.29 is 22.8 Å². The van der Waals surface area contributed by atoms with Crippen molar-refractivity contribution in [1.29, 1.82) is 0 Å². The Morgan fingerprint density at radius 3 is 1.91 bits per heavy atom. The Labute approximate surface area is 193 Å². The van der Waals surface area contributed by atoms with Crippen LogP contribution in [0.25, 0.3) is 0 Å². The van der Waals surface area contributed by atoms with E-state index in [-0.39, 0.29) is 28.7 Å². The van der Waals surface area contributed by atoms with Crippen LogP contribution in [0.5, 0.6) is 0 Å². The maximum Gasteiger partial charge on any atom is 0.416 e. The Morgan fingerprint density at radius 2 is 1.42 bits per heavy atom. The van der Waals surface area contributed by atoms with Crippen LogP contribution in [0.1, 0.15) is 60.7 Å². The van der Waals surface area contributed by atoms with Crippen molar-refractivity contribution in [1.82, 2.24) is 9.80 Å². The SMILES string of the molecule is CN(Cc1ccc(C(C)(C)C)cc1)C(=O)C1CCN(C(=O)c2ccc(C(F)(F)F)cc2)CC1. The highest BCUT2D eigenvalue weighted by molar-refractivity contribution is 5.94. The Balaban J connectivity index is 1.53. The first kappa shape index (κ1) is 24.8. The molecule has 0 bridgehead atoms. The first-order chi connectivity index (χ1) is 15.4. The van der Waals surface area contributed by atoms with Crippen LogP contribution in [-0.4, -0.2) is 41.8 Å². The topological polar surface area (TPSA) is 40.6 Å². The van der Waals surface area contributed by atoms with Crippen molar-refractivity contribution in [3.8, 4) is 0 Å². The molecule has 1 aliphatic rings. The highest BCUT2D eigenvalue weighted by atomic mass is 19.4.